The number of thiophene rings is 1. The van der Waals surface area contributed by atoms with E-state index in [1.165, 1.54) is 17.6 Å². The summed E-state index contributed by atoms with van der Waals surface area (Å²) in [4.78, 5) is 35.8. The van der Waals surface area contributed by atoms with Gasteiger partial charge < -0.3 is 20.0 Å². The lowest BCUT2D eigenvalue weighted by Gasteiger charge is -2.34. The van der Waals surface area contributed by atoms with Gasteiger partial charge in [-0.3, -0.25) is 9.59 Å². The summed E-state index contributed by atoms with van der Waals surface area (Å²) >= 11 is 1.33. The smallest absolute Gasteiger partial charge is 0.289 e. The van der Waals surface area contributed by atoms with E-state index < -0.39 is 0 Å². The number of anilines is 1. The molecule has 1 fully saturated rings. The molecule has 0 unspecified atom stereocenters. The summed E-state index contributed by atoms with van der Waals surface area (Å²) in [5.41, 5.74) is 10.9. The van der Waals surface area contributed by atoms with Gasteiger partial charge in [0.2, 0.25) is 0 Å². The summed E-state index contributed by atoms with van der Waals surface area (Å²) in [6.07, 6.45) is 1.48. The zero-order valence-electron chi connectivity index (χ0n) is 20.0. The third kappa shape index (κ3) is 4.25. The monoisotopic (exact) mass is 508 g/mol. The molecule has 8 heteroatoms. The summed E-state index contributed by atoms with van der Waals surface area (Å²) in [5, 5.41) is 0.797. The summed E-state index contributed by atoms with van der Waals surface area (Å²) in [6.45, 7) is 1.71. The second-order valence-electron chi connectivity index (χ2n) is 8.87. The Labute approximate surface area is 217 Å². The second kappa shape index (κ2) is 9.55. The molecular weight excluding hydrogens is 484 g/mol. The Hall–Kier alpha value is -4.43. The first-order chi connectivity index (χ1) is 18.1. The molecule has 1 saturated heterocycles. The molecular formula is C29H24N4O3S. The zero-order valence-corrected chi connectivity index (χ0v) is 20.8. The van der Waals surface area contributed by atoms with Gasteiger partial charge >= 0.3 is 0 Å². The van der Waals surface area contributed by atoms with E-state index in [9.17, 15) is 9.59 Å². The molecule has 0 atom stereocenters. The molecule has 7 nitrogen and oxygen atoms in total. The number of piperazine rings is 1. The minimum absolute atomic E-state index is 0.133. The molecule has 184 valence electrons. The number of nitrogen functional groups attached to an aromatic ring is 1. The van der Waals surface area contributed by atoms with Crippen LogP contribution in [0.1, 0.15) is 20.2 Å². The topological polar surface area (TPSA) is 92.7 Å². The minimum Gasteiger partial charge on any atom is -0.459 e. The van der Waals surface area contributed by atoms with E-state index in [0.717, 1.165) is 32.6 Å². The number of nitrogens with two attached hydrogens (primary N) is 1. The average molecular weight is 509 g/mol. The molecule has 6 rings (SSSR count). The Kier molecular flexibility index (Phi) is 5.94. The largest absolute Gasteiger partial charge is 0.459 e. The Balaban J connectivity index is 1.34. The molecule has 37 heavy (non-hydrogen) atoms. The maximum absolute atomic E-state index is 13.6. The number of hydrogen-bond acceptors (Lipinski definition) is 6. The molecule has 5 aromatic rings. The molecule has 0 aliphatic carbocycles. The van der Waals surface area contributed by atoms with E-state index in [-0.39, 0.29) is 11.8 Å². The van der Waals surface area contributed by atoms with Crippen LogP contribution in [-0.4, -0.2) is 52.8 Å². The lowest BCUT2D eigenvalue weighted by molar-refractivity contribution is 0.0521. The highest BCUT2D eigenvalue weighted by molar-refractivity contribution is 7.21. The predicted octanol–water partition coefficient (Wildman–Crippen LogP) is 5.40. The predicted molar refractivity (Wildman–Crippen MR) is 145 cm³/mol. The SMILES string of the molecule is Nc1c(C(=O)N2CCN(C(=O)c3ccco3)CC2)sc2nc(-c3ccccc3)cc(-c3ccccc3)c12. The molecule has 2 N–H and O–H groups in total. The molecule has 3 aromatic heterocycles. The maximum Gasteiger partial charge on any atom is 0.289 e. The van der Waals surface area contributed by atoms with Crippen molar-refractivity contribution in [2.75, 3.05) is 31.9 Å². The number of nitrogens with zero attached hydrogens (tertiary/aromatic N) is 3. The van der Waals surface area contributed by atoms with Gasteiger partial charge in [0.25, 0.3) is 11.8 Å². The van der Waals surface area contributed by atoms with Crippen molar-refractivity contribution in [1.29, 1.82) is 0 Å². The van der Waals surface area contributed by atoms with Crippen molar-refractivity contribution >= 4 is 39.1 Å². The Bertz CT molecular complexity index is 1570. The molecule has 2 aromatic carbocycles. The highest BCUT2D eigenvalue weighted by Crippen LogP contribution is 2.41. The number of hydrogen-bond donors (Lipinski definition) is 1. The number of carbonyl (C=O) groups is 2. The van der Waals surface area contributed by atoms with Crippen LogP contribution in [-0.2, 0) is 0 Å². The van der Waals surface area contributed by atoms with E-state index in [2.05, 4.69) is 0 Å². The van der Waals surface area contributed by atoms with Gasteiger partial charge in [0.1, 0.15) is 9.71 Å². The summed E-state index contributed by atoms with van der Waals surface area (Å²) < 4.78 is 5.24. The molecule has 0 radical (unpaired) electrons. The molecule has 0 bridgehead atoms. The lowest BCUT2D eigenvalue weighted by Crippen LogP contribution is -2.50. The van der Waals surface area contributed by atoms with Gasteiger partial charge in [-0.25, -0.2) is 4.98 Å². The van der Waals surface area contributed by atoms with Gasteiger partial charge in [0.05, 0.1) is 17.6 Å². The Morgan fingerprint density at radius 1 is 0.811 bits per heavy atom. The highest BCUT2D eigenvalue weighted by atomic mass is 32.1. The fourth-order valence-corrected chi connectivity index (χ4v) is 5.78. The zero-order chi connectivity index (χ0) is 25.4. The quantitative estimate of drug-likeness (QED) is 0.351. The van der Waals surface area contributed by atoms with Crippen LogP contribution in [0.5, 0.6) is 0 Å². The van der Waals surface area contributed by atoms with Crippen LogP contribution < -0.4 is 5.73 Å². The van der Waals surface area contributed by atoms with E-state index in [1.807, 2.05) is 66.7 Å². The number of furan rings is 1. The molecule has 0 saturated carbocycles. The van der Waals surface area contributed by atoms with Crippen LogP contribution in [0.2, 0.25) is 0 Å². The fourth-order valence-electron chi connectivity index (χ4n) is 4.69. The number of fused-ring (bicyclic) bond motifs is 1. The van der Waals surface area contributed by atoms with Crippen LogP contribution in [0.15, 0.2) is 89.5 Å². The van der Waals surface area contributed by atoms with Crippen molar-refractivity contribution in [3.8, 4) is 22.4 Å². The molecule has 1 aliphatic rings. The highest BCUT2D eigenvalue weighted by Gasteiger charge is 2.29. The number of amides is 2. The van der Waals surface area contributed by atoms with E-state index >= 15 is 0 Å². The maximum atomic E-state index is 13.6. The average Bonchev–Trinajstić information content (AvgIpc) is 3.61. The van der Waals surface area contributed by atoms with Crippen LogP contribution in [0.4, 0.5) is 5.69 Å². The van der Waals surface area contributed by atoms with Crippen LogP contribution in [0, 0.1) is 0 Å². The third-order valence-corrected chi connectivity index (χ3v) is 7.72. The first-order valence-electron chi connectivity index (χ1n) is 12.1. The minimum atomic E-state index is -0.163. The van der Waals surface area contributed by atoms with Gasteiger partial charge in [-0.2, -0.15) is 0 Å². The Morgan fingerprint density at radius 2 is 1.43 bits per heavy atom. The van der Waals surface area contributed by atoms with Gasteiger partial charge in [0.15, 0.2) is 5.76 Å². The van der Waals surface area contributed by atoms with Crippen molar-refractivity contribution in [2.45, 2.75) is 0 Å². The van der Waals surface area contributed by atoms with Crippen LogP contribution in [0.25, 0.3) is 32.6 Å². The first-order valence-corrected chi connectivity index (χ1v) is 12.9. The van der Waals surface area contributed by atoms with Gasteiger partial charge in [0, 0.05) is 37.1 Å². The summed E-state index contributed by atoms with van der Waals surface area (Å²) in [6, 6.07) is 25.4. The number of aromatic nitrogens is 1. The second-order valence-corrected chi connectivity index (χ2v) is 9.87. The van der Waals surface area contributed by atoms with Gasteiger partial charge in [-0.15, -0.1) is 11.3 Å². The molecule has 2 amide bonds. The molecule has 0 spiro atoms. The van der Waals surface area contributed by atoms with E-state index in [1.54, 1.807) is 21.9 Å². The Morgan fingerprint density at radius 3 is 2.05 bits per heavy atom. The number of pyridine rings is 1. The normalized spacial score (nSPS) is 13.7. The van der Waals surface area contributed by atoms with E-state index in [0.29, 0.717) is 42.5 Å². The van der Waals surface area contributed by atoms with E-state index in [4.69, 9.17) is 15.1 Å². The van der Waals surface area contributed by atoms with Crippen molar-refractivity contribution in [3.63, 3.8) is 0 Å². The lowest BCUT2D eigenvalue weighted by atomic mass is 9.99. The number of carbonyl (C=O) groups excluding carboxylic acids is 2. The number of rotatable bonds is 4. The third-order valence-electron chi connectivity index (χ3n) is 6.63. The molecule has 1 aliphatic heterocycles. The summed E-state index contributed by atoms with van der Waals surface area (Å²) in [7, 11) is 0. The van der Waals surface area contributed by atoms with Crippen molar-refractivity contribution in [1.82, 2.24) is 14.8 Å². The summed E-state index contributed by atoms with van der Waals surface area (Å²) in [5.74, 6) is 0.0109. The van der Waals surface area contributed by atoms with Crippen LogP contribution >= 0.6 is 11.3 Å². The van der Waals surface area contributed by atoms with Crippen molar-refractivity contribution in [3.05, 3.63) is 95.8 Å². The van der Waals surface area contributed by atoms with Gasteiger partial charge in [-0.05, 0) is 29.3 Å². The van der Waals surface area contributed by atoms with Crippen molar-refractivity contribution in [2.24, 2.45) is 0 Å². The van der Waals surface area contributed by atoms with Crippen LogP contribution in [0.3, 0.4) is 0 Å². The number of benzene rings is 2. The molecule has 4 heterocycles. The first kappa shape index (κ1) is 23.0. The fraction of sp³-hybridized carbons (Fsp3) is 0.138. The van der Waals surface area contributed by atoms with Gasteiger partial charge in [-0.1, -0.05) is 60.7 Å². The standard InChI is InChI=1S/C29H24N4O3S/c30-25-24-21(19-8-3-1-4-9-19)18-22(20-10-5-2-6-11-20)31-27(24)37-26(25)29(35)33-15-13-32(14-16-33)28(34)23-12-7-17-36-23/h1-12,17-18H,13-16,30H2. The van der Waals surface area contributed by atoms with Crippen molar-refractivity contribution < 1.29 is 14.0 Å².